The molecule has 3 N–H and O–H groups in total. The Balaban J connectivity index is 1.99. The molecule has 0 aliphatic heterocycles. The Morgan fingerprint density at radius 1 is 1.28 bits per heavy atom. The molecule has 0 spiro atoms. The summed E-state index contributed by atoms with van der Waals surface area (Å²) in [6, 6.07) is 8.00. The van der Waals surface area contributed by atoms with Gasteiger partial charge in [-0.25, -0.2) is 13.6 Å². The van der Waals surface area contributed by atoms with Gasteiger partial charge in [0, 0.05) is 11.7 Å². The van der Waals surface area contributed by atoms with Crippen LogP contribution in [0, 0.1) is 5.92 Å². The van der Waals surface area contributed by atoms with Gasteiger partial charge in [0.25, 0.3) is 0 Å². The van der Waals surface area contributed by atoms with Gasteiger partial charge in [0.1, 0.15) is 0 Å². The molecule has 5 heteroatoms. The topological polar surface area (TPSA) is 72.2 Å². The molecule has 1 fully saturated rings. The van der Waals surface area contributed by atoms with E-state index < -0.39 is 10.0 Å². The number of anilines is 1. The third-order valence-corrected chi connectivity index (χ3v) is 4.27. The molecule has 1 aliphatic rings. The molecule has 1 aromatic rings. The highest BCUT2D eigenvalue weighted by Gasteiger charge is 2.22. The summed E-state index contributed by atoms with van der Waals surface area (Å²) < 4.78 is 21.9. The molecule has 0 heterocycles. The lowest BCUT2D eigenvalue weighted by molar-refractivity contribution is 0.556. The molecule has 2 rings (SSSR count). The maximum Gasteiger partial charge on any atom is 0.213 e. The Labute approximate surface area is 109 Å². The van der Waals surface area contributed by atoms with Gasteiger partial charge < -0.3 is 5.32 Å². The van der Waals surface area contributed by atoms with Crippen LogP contribution in [0.1, 0.15) is 31.7 Å². The summed E-state index contributed by atoms with van der Waals surface area (Å²) in [5, 5.41) is 8.51. The third-order valence-electron chi connectivity index (χ3n) is 3.54. The van der Waals surface area contributed by atoms with Gasteiger partial charge >= 0.3 is 0 Å². The summed E-state index contributed by atoms with van der Waals surface area (Å²) in [6.45, 7) is 2.26. The van der Waals surface area contributed by atoms with Crippen molar-refractivity contribution in [3.8, 4) is 0 Å². The molecule has 1 aromatic carbocycles. The smallest absolute Gasteiger partial charge is 0.213 e. The van der Waals surface area contributed by atoms with Crippen molar-refractivity contribution in [1.82, 2.24) is 0 Å². The highest BCUT2D eigenvalue weighted by Crippen LogP contribution is 2.28. The number of primary sulfonamides is 1. The molecule has 1 saturated carbocycles. The van der Waals surface area contributed by atoms with Crippen LogP contribution >= 0.6 is 0 Å². The number of nitrogens with two attached hydrogens (primary N) is 1. The quantitative estimate of drug-likeness (QED) is 0.878. The number of rotatable bonds is 4. The van der Waals surface area contributed by atoms with E-state index in [0.717, 1.165) is 11.3 Å². The van der Waals surface area contributed by atoms with Crippen molar-refractivity contribution in [3.05, 3.63) is 29.8 Å². The molecule has 18 heavy (non-hydrogen) atoms. The minimum atomic E-state index is -3.44. The van der Waals surface area contributed by atoms with E-state index >= 15 is 0 Å². The lowest BCUT2D eigenvalue weighted by Gasteiger charge is -2.18. The van der Waals surface area contributed by atoms with Crippen LogP contribution in [0.4, 0.5) is 5.69 Å². The highest BCUT2D eigenvalue weighted by atomic mass is 32.2. The average molecular weight is 268 g/mol. The first kappa shape index (κ1) is 13.4. The Hall–Kier alpha value is -1.07. The lowest BCUT2D eigenvalue weighted by atomic mass is 10.1. The van der Waals surface area contributed by atoms with E-state index in [1.54, 1.807) is 0 Å². The predicted octanol–water partition coefficient (Wildman–Crippen LogP) is 2.08. The second kappa shape index (κ2) is 5.28. The monoisotopic (exact) mass is 268 g/mol. The molecule has 0 aromatic heterocycles. The van der Waals surface area contributed by atoms with Crippen molar-refractivity contribution >= 4 is 15.7 Å². The number of sulfonamides is 1. The Morgan fingerprint density at radius 3 is 2.44 bits per heavy atom. The van der Waals surface area contributed by atoms with E-state index in [-0.39, 0.29) is 5.75 Å². The van der Waals surface area contributed by atoms with Crippen molar-refractivity contribution in [2.75, 3.05) is 5.32 Å². The lowest BCUT2D eigenvalue weighted by Crippen LogP contribution is -2.21. The molecule has 2 atom stereocenters. The molecule has 100 valence electrons. The standard InChI is InChI=1S/C13H20N2O2S/c1-10-3-2-4-13(10)15-12-7-5-11(6-8-12)9-18(14,16)17/h5-8,10,13,15H,2-4,9H2,1H3,(H2,14,16,17). The molecule has 1 aliphatic carbocycles. The summed E-state index contributed by atoms with van der Waals surface area (Å²) in [5.41, 5.74) is 1.77. The SMILES string of the molecule is CC1CCCC1Nc1ccc(CS(N)(=O)=O)cc1. The molecule has 0 bridgehead atoms. The zero-order valence-electron chi connectivity index (χ0n) is 10.6. The van der Waals surface area contributed by atoms with E-state index in [1.165, 1.54) is 19.3 Å². The van der Waals surface area contributed by atoms with Crippen molar-refractivity contribution in [1.29, 1.82) is 0 Å². The molecular formula is C13H20N2O2S. The van der Waals surface area contributed by atoms with Crippen LogP contribution in [-0.4, -0.2) is 14.5 Å². The van der Waals surface area contributed by atoms with Crippen LogP contribution in [-0.2, 0) is 15.8 Å². The van der Waals surface area contributed by atoms with E-state index in [0.29, 0.717) is 12.0 Å². The van der Waals surface area contributed by atoms with Crippen LogP contribution < -0.4 is 10.5 Å². The summed E-state index contributed by atoms with van der Waals surface area (Å²) in [7, 11) is -3.44. The number of hydrogen-bond acceptors (Lipinski definition) is 3. The van der Waals surface area contributed by atoms with Gasteiger partial charge in [0.05, 0.1) is 5.75 Å². The maximum atomic E-state index is 11.0. The van der Waals surface area contributed by atoms with Crippen LogP contribution in [0.25, 0.3) is 0 Å². The number of hydrogen-bond donors (Lipinski definition) is 2. The fourth-order valence-electron chi connectivity index (χ4n) is 2.50. The fourth-order valence-corrected chi connectivity index (χ4v) is 3.16. The summed E-state index contributed by atoms with van der Waals surface area (Å²) in [6.07, 6.45) is 3.77. The van der Waals surface area contributed by atoms with Gasteiger partial charge in [0.15, 0.2) is 0 Å². The first-order valence-electron chi connectivity index (χ1n) is 6.30. The Morgan fingerprint density at radius 2 is 1.94 bits per heavy atom. The van der Waals surface area contributed by atoms with Crippen LogP contribution in [0.3, 0.4) is 0 Å². The minimum Gasteiger partial charge on any atom is -0.382 e. The predicted molar refractivity (Wildman–Crippen MR) is 73.7 cm³/mol. The van der Waals surface area contributed by atoms with Gasteiger partial charge in [-0.3, -0.25) is 0 Å². The maximum absolute atomic E-state index is 11.0. The number of nitrogens with one attached hydrogen (secondary N) is 1. The summed E-state index contributed by atoms with van der Waals surface area (Å²) >= 11 is 0. The molecule has 2 unspecified atom stereocenters. The van der Waals surface area contributed by atoms with Gasteiger partial charge in [-0.2, -0.15) is 0 Å². The van der Waals surface area contributed by atoms with Gasteiger partial charge in [-0.05, 0) is 36.5 Å². The van der Waals surface area contributed by atoms with Gasteiger partial charge in [0.2, 0.25) is 10.0 Å². The average Bonchev–Trinajstić information content (AvgIpc) is 2.65. The van der Waals surface area contributed by atoms with Crippen LogP contribution in [0.15, 0.2) is 24.3 Å². The van der Waals surface area contributed by atoms with Gasteiger partial charge in [-0.15, -0.1) is 0 Å². The fraction of sp³-hybridized carbons (Fsp3) is 0.538. The Kier molecular flexibility index (Phi) is 3.92. The zero-order valence-corrected chi connectivity index (χ0v) is 11.4. The molecule has 0 amide bonds. The minimum absolute atomic E-state index is 0.104. The van der Waals surface area contributed by atoms with E-state index in [9.17, 15) is 8.42 Å². The summed E-state index contributed by atoms with van der Waals surface area (Å²) in [5.74, 6) is 0.599. The molecular weight excluding hydrogens is 248 g/mol. The van der Waals surface area contributed by atoms with Gasteiger partial charge in [-0.1, -0.05) is 25.5 Å². The van der Waals surface area contributed by atoms with Crippen molar-refractivity contribution in [2.24, 2.45) is 11.1 Å². The second-order valence-electron chi connectivity index (χ2n) is 5.16. The van der Waals surface area contributed by atoms with Crippen LogP contribution in [0.5, 0.6) is 0 Å². The van der Waals surface area contributed by atoms with E-state index in [1.807, 2.05) is 24.3 Å². The van der Waals surface area contributed by atoms with Crippen molar-refractivity contribution in [2.45, 2.75) is 38.0 Å². The van der Waals surface area contributed by atoms with E-state index in [4.69, 9.17) is 5.14 Å². The molecule has 4 nitrogen and oxygen atoms in total. The second-order valence-corrected chi connectivity index (χ2v) is 6.78. The first-order chi connectivity index (χ1) is 8.44. The molecule has 0 saturated heterocycles. The summed E-state index contributed by atoms with van der Waals surface area (Å²) in [4.78, 5) is 0. The first-order valence-corrected chi connectivity index (χ1v) is 8.01. The van der Waals surface area contributed by atoms with Crippen molar-refractivity contribution in [3.63, 3.8) is 0 Å². The Bertz CT molecular complexity index is 496. The third kappa shape index (κ3) is 3.71. The largest absolute Gasteiger partial charge is 0.382 e. The molecule has 0 radical (unpaired) electrons. The van der Waals surface area contributed by atoms with Crippen LogP contribution in [0.2, 0.25) is 0 Å². The van der Waals surface area contributed by atoms with Crippen molar-refractivity contribution < 1.29 is 8.42 Å². The van der Waals surface area contributed by atoms with E-state index in [2.05, 4.69) is 12.2 Å². The zero-order chi connectivity index (χ0) is 13.2. The number of benzene rings is 1. The normalized spacial score (nSPS) is 24.1. The highest BCUT2D eigenvalue weighted by molar-refractivity contribution is 7.88.